The molecule has 0 bridgehead atoms. The molecule has 0 aromatic rings. The average molecular weight is 226 g/mol. The van der Waals surface area contributed by atoms with E-state index in [1.807, 2.05) is 0 Å². The van der Waals surface area contributed by atoms with E-state index in [9.17, 15) is 0 Å². The number of rotatable bonds is 0. The van der Waals surface area contributed by atoms with Crippen molar-refractivity contribution in [3.05, 3.63) is 0 Å². The van der Waals surface area contributed by atoms with Gasteiger partial charge in [-0.2, -0.15) is 0 Å². The molecule has 0 N–H and O–H groups in total. The summed E-state index contributed by atoms with van der Waals surface area (Å²) >= 11 is 0. The normalized spacial score (nSPS) is 6.55. The van der Waals surface area contributed by atoms with Crippen LogP contribution in [0.1, 0.15) is 41.5 Å². The second kappa shape index (κ2) is 22.4. The first kappa shape index (κ1) is 29.7. The molecule has 3 heteroatoms. The molecule has 76 valence electrons. The largest absolute Gasteiger partial charge is 0.147 e. The molecule has 0 saturated carbocycles. The average Bonchev–Trinajstić information content (AvgIpc) is 1.25. The Morgan fingerprint density at radius 3 is 0.455 bits per heavy atom. The number of hydrogen-bond donors (Lipinski definition) is 0. The van der Waals surface area contributed by atoms with Crippen LogP contribution in [0.4, 0.5) is 0 Å². The first-order chi connectivity index (χ1) is 3.46. The second-order valence-corrected chi connectivity index (χ2v) is 3.46. The Morgan fingerprint density at radius 2 is 0.455 bits per heavy atom. The van der Waals surface area contributed by atoms with Gasteiger partial charge in [0.2, 0.25) is 0 Å². The quantitative estimate of drug-likeness (QED) is 0.566. The highest BCUT2D eigenvalue weighted by atomic mass is 35.5. The fourth-order valence-electron chi connectivity index (χ4n) is 0. The molecule has 0 rings (SSSR count). The summed E-state index contributed by atoms with van der Waals surface area (Å²) in [5.74, 6) is 1.67. The smallest absolute Gasteiger partial charge is 0.0500 e. The molecule has 0 aromatic heterocycles. The summed E-state index contributed by atoms with van der Waals surface area (Å²) in [4.78, 5) is 0. The van der Waals surface area contributed by atoms with Gasteiger partial charge in [-0.3, -0.25) is 0 Å². The second-order valence-electron chi connectivity index (χ2n) is 3.46. The van der Waals surface area contributed by atoms with Crippen molar-refractivity contribution in [1.29, 1.82) is 0 Å². The van der Waals surface area contributed by atoms with Crippen molar-refractivity contribution in [3.63, 3.8) is 0 Å². The van der Waals surface area contributed by atoms with E-state index in [2.05, 4.69) is 41.5 Å². The lowest BCUT2D eigenvalue weighted by Crippen LogP contribution is -1.66. The zero-order valence-corrected chi connectivity index (χ0v) is 10.8. The van der Waals surface area contributed by atoms with Gasteiger partial charge in [-0.15, -0.1) is 37.2 Å². The standard InChI is InChI=1S/2C4H10.3ClH/c2*1-4(2)3;;;/h2*4H,1-3H3;3*1H. The van der Waals surface area contributed by atoms with Crippen molar-refractivity contribution in [1.82, 2.24) is 0 Å². The summed E-state index contributed by atoms with van der Waals surface area (Å²) < 4.78 is 0. The third-order valence-electron chi connectivity index (χ3n) is 0. The highest BCUT2D eigenvalue weighted by Crippen LogP contribution is 1.81. The van der Waals surface area contributed by atoms with Crippen LogP contribution in [0.3, 0.4) is 0 Å². The molecule has 0 aliphatic rings. The van der Waals surface area contributed by atoms with E-state index in [0.29, 0.717) is 0 Å². The zero-order chi connectivity index (χ0) is 7.15. The predicted octanol–water partition coefficient (Wildman–Crippen LogP) is 4.59. The summed E-state index contributed by atoms with van der Waals surface area (Å²) in [6.07, 6.45) is 0. The van der Waals surface area contributed by atoms with Crippen molar-refractivity contribution in [2.75, 3.05) is 0 Å². The van der Waals surface area contributed by atoms with E-state index in [1.54, 1.807) is 0 Å². The molecule has 0 aliphatic carbocycles. The highest BCUT2D eigenvalue weighted by molar-refractivity contribution is 5.86. The first-order valence-electron chi connectivity index (χ1n) is 3.46. The maximum atomic E-state index is 2.17. The van der Waals surface area contributed by atoms with Gasteiger partial charge in [-0.05, 0) is 11.8 Å². The molecule has 0 radical (unpaired) electrons. The molecule has 0 atom stereocenters. The minimum Gasteiger partial charge on any atom is -0.147 e. The molecular formula is C8H23Cl3. The molecule has 0 aromatic carbocycles. The van der Waals surface area contributed by atoms with Crippen molar-refractivity contribution in [3.8, 4) is 0 Å². The van der Waals surface area contributed by atoms with E-state index in [0.717, 1.165) is 11.8 Å². The highest BCUT2D eigenvalue weighted by Gasteiger charge is 1.68. The van der Waals surface area contributed by atoms with Crippen molar-refractivity contribution >= 4 is 37.2 Å². The van der Waals surface area contributed by atoms with Gasteiger partial charge in [0.25, 0.3) is 0 Å². The summed E-state index contributed by atoms with van der Waals surface area (Å²) in [7, 11) is 0. The van der Waals surface area contributed by atoms with Crippen LogP contribution >= 0.6 is 37.2 Å². The molecule has 0 amide bonds. The van der Waals surface area contributed by atoms with Gasteiger partial charge in [0.1, 0.15) is 0 Å². The number of halogens is 3. The lowest BCUT2D eigenvalue weighted by molar-refractivity contribution is 0.736. The summed E-state index contributed by atoms with van der Waals surface area (Å²) in [6.45, 7) is 13.0. The summed E-state index contributed by atoms with van der Waals surface area (Å²) in [5.41, 5.74) is 0. The van der Waals surface area contributed by atoms with Gasteiger partial charge < -0.3 is 0 Å². The molecule has 0 heterocycles. The van der Waals surface area contributed by atoms with Gasteiger partial charge in [0.05, 0.1) is 0 Å². The Morgan fingerprint density at radius 1 is 0.455 bits per heavy atom. The Bertz CT molecular complexity index is 24.8. The fourth-order valence-corrected chi connectivity index (χ4v) is 0. The van der Waals surface area contributed by atoms with Crippen LogP contribution in [-0.4, -0.2) is 0 Å². The van der Waals surface area contributed by atoms with Gasteiger partial charge in [-0.25, -0.2) is 0 Å². The van der Waals surface area contributed by atoms with E-state index >= 15 is 0 Å². The fraction of sp³-hybridized carbons (Fsp3) is 1.00. The van der Waals surface area contributed by atoms with Gasteiger partial charge >= 0.3 is 0 Å². The van der Waals surface area contributed by atoms with E-state index in [4.69, 9.17) is 0 Å². The van der Waals surface area contributed by atoms with Crippen molar-refractivity contribution in [2.24, 2.45) is 11.8 Å². The van der Waals surface area contributed by atoms with Crippen molar-refractivity contribution in [2.45, 2.75) is 41.5 Å². The molecule has 0 unspecified atom stereocenters. The van der Waals surface area contributed by atoms with Gasteiger partial charge in [-0.1, -0.05) is 41.5 Å². The Labute approximate surface area is 90.8 Å². The molecular weight excluding hydrogens is 202 g/mol. The Kier molecular flexibility index (Phi) is 60.6. The van der Waals surface area contributed by atoms with Crippen LogP contribution < -0.4 is 0 Å². The maximum Gasteiger partial charge on any atom is -0.0500 e. The predicted molar refractivity (Wildman–Crippen MR) is 62.8 cm³/mol. The number of hydrogen-bond acceptors (Lipinski definition) is 0. The van der Waals surface area contributed by atoms with Crippen LogP contribution in [0.25, 0.3) is 0 Å². The zero-order valence-electron chi connectivity index (χ0n) is 8.38. The SMILES string of the molecule is CC(C)C.CC(C)C.Cl.Cl.Cl. The minimum atomic E-state index is 0. The third-order valence-corrected chi connectivity index (χ3v) is 0. The van der Waals surface area contributed by atoms with Crippen LogP contribution in [-0.2, 0) is 0 Å². The van der Waals surface area contributed by atoms with E-state index < -0.39 is 0 Å². The molecule has 0 spiro atoms. The molecule has 11 heavy (non-hydrogen) atoms. The minimum absolute atomic E-state index is 0. The van der Waals surface area contributed by atoms with E-state index in [1.165, 1.54) is 0 Å². The van der Waals surface area contributed by atoms with Gasteiger partial charge in [0, 0.05) is 0 Å². The van der Waals surface area contributed by atoms with Crippen LogP contribution in [0.5, 0.6) is 0 Å². The van der Waals surface area contributed by atoms with Crippen LogP contribution in [0, 0.1) is 11.8 Å². The Balaban J connectivity index is -0.0000000171. The lowest BCUT2D eigenvalue weighted by atomic mass is 10.3. The third kappa shape index (κ3) is 1130. The van der Waals surface area contributed by atoms with Crippen LogP contribution in [0.15, 0.2) is 0 Å². The van der Waals surface area contributed by atoms with Gasteiger partial charge in [0.15, 0.2) is 0 Å². The molecule has 0 aliphatic heterocycles. The summed E-state index contributed by atoms with van der Waals surface area (Å²) in [5, 5.41) is 0. The maximum absolute atomic E-state index is 2.17. The first-order valence-corrected chi connectivity index (χ1v) is 3.46. The lowest BCUT2D eigenvalue weighted by Gasteiger charge is -1.79. The summed E-state index contributed by atoms with van der Waals surface area (Å²) in [6, 6.07) is 0. The Hall–Kier alpha value is 0.870. The van der Waals surface area contributed by atoms with Crippen LogP contribution in [0.2, 0.25) is 0 Å². The molecule has 0 saturated heterocycles. The van der Waals surface area contributed by atoms with E-state index in [-0.39, 0.29) is 37.2 Å². The topological polar surface area (TPSA) is 0 Å². The van der Waals surface area contributed by atoms with Crippen molar-refractivity contribution < 1.29 is 0 Å². The molecule has 0 nitrogen and oxygen atoms in total. The molecule has 0 fully saturated rings. The monoisotopic (exact) mass is 224 g/mol.